The van der Waals surface area contributed by atoms with Crippen molar-refractivity contribution in [2.45, 2.75) is 0 Å². The second kappa shape index (κ2) is 4.74. The Morgan fingerprint density at radius 2 is 1.65 bits per heavy atom. The van der Waals surface area contributed by atoms with Gasteiger partial charge in [-0.25, -0.2) is 0 Å². The van der Waals surface area contributed by atoms with Gasteiger partial charge < -0.3 is 14.6 Å². The molecule has 4 nitrogen and oxygen atoms in total. The SMILES string of the molecule is COc1cccc(OC)c1-c1ccc(O)cn1. The first-order valence-corrected chi connectivity index (χ1v) is 5.12. The summed E-state index contributed by atoms with van der Waals surface area (Å²) >= 11 is 0. The fourth-order valence-electron chi connectivity index (χ4n) is 1.64. The summed E-state index contributed by atoms with van der Waals surface area (Å²) in [5, 5.41) is 9.23. The monoisotopic (exact) mass is 231 g/mol. The summed E-state index contributed by atoms with van der Waals surface area (Å²) in [6.45, 7) is 0. The fourth-order valence-corrected chi connectivity index (χ4v) is 1.64. The molecule has 0 saturated carbocycles. The largest absolute Gasteiger partial charge is 0.506 e. The third-order valence-corrected chi connectivity index (χ3v) is 2.43. The van der Waals surface area contributed by atoms with E-state index in [9.17, 15) is 5.11 Å². The minimum absolute atomic E-state index is 0.127. The van der Waals surface area contributed by atoms with Crippen LogP contribution in [0.4, 0.5) is 0 Å². The molecule has 0 aliphatic carbocycles. The van der Waals surface area contributed by atoms with Gasteiger partial charge in [0.15, 0.2) is 0 Å². The Morgan fingerprint density at radius 1 is 1.00 bits per heavy atom. The fraction of sp³-hybridized carbons (Fsp3) is 0.154. The average Bonchev–Trinajstić information content (AvgIpc) is 2.38. The summed E-state index contributed by atoms with van der Waals surface area (Å²) < 4.78 is 10.6. The molecule has 0 fully saturated rings. The molecule has 1 aromatic heterocycles. The number of ether oxygens (including phenoxy) is 2. The lowest BCUT2D eigenvalue weighted by molar-refractivity contribution is 0.397. The lowest BCUT2D eigenvalue weighted by atomic mass is 10.1. The predicted molar refractivity (Wildman–Crippen MR) is 64.4 cm³/mol. The van der Waals surface area contributed by atoms with E-state index in [4.69, 9.17) is 9.47 Å². The van der Waals surface area contributed by atoms with Gasteiger partial charge in [0.1, 0.15) is 17.2 Å². The summed E-state index contributed by atoms with van der Waals surface area (Å²) in [7, 11) is 3.19. The molecule has 4 heteroatoms. The minimum atomic E-state index is 0.127. The van der Waals surface area contributed by atoms with Crippen LogP contribution in [-0.2, 0) is 0 Å². The van der Waals surface area contributed by atoms with Crippen molar-refractivity contribution in [1.29, 1.82) is 0 Å². The molecule has 1 aromatic carbocycles. The first kappa shape index (κ1) is 11.3. The lowest BCUT2D eigenvalue weighted by Crippen LogP contribution is -1.94. The smallest absolute Gasteiger partial charge is 0.133 e. The molecule has 88 valence electrons. The highest BCUT2D eigenvalue weighted by Gasteiger charge is 2.13. The van der Waals surface area contributed by atoms with E-state index in [0.717, 1.165) is 5.56 Å². The van der Waals surface area contributed by atoms with Crippen molar-refractivity contribution in [3.8, 4) is 28.5 Å². The van der Waals surface area contributed by atoms with E-state index < -0.39 is 0 Å². The standard InChI is InChI=1S/C13H13NO3/c1-16-11-4-3-5-12(17-2)13(11)10-7-6-9(15)8-14-10/h3-8,15H,1-2H3. The van der Waals surface area contributed by atoms with E-state index >= 15 is 0 Å². The van der Waals surface area contributed by atoms with Crippen molar-refractivity contribution in [3.63, 3.8) is 0 Å². The third-order valence-electron chi connectivity index (χ3n) is 2.43. The molecule has 0 bridgehead atoms. The summed E-state index contributed by atoms with van der Waals surface area (Å²) in [5.74, 6) is 1.49. The highest BCUT2D eigenvalue weighted by molar-refractivity contribution is 5.74. The Labute approximate surface area is 99.5 Å². The van der Waals surface area contributed by atoms with Crippen LogP contribution in [0.3, 0.4) is 0 Å². The van der Waals surface area contributed by atoms with E-state index in [2.05, 4.69) is 4.98 Å². The normalized spacial score (nSPS) is 10.0. The van der Waals surface area contributed by atoms with Gasteiger partial charge in [0.25, 0.3) is 0 Å². The van der Waals surface area contributed by atoms with Crippen LogP contribution in [0.1, 0.15) is 0 Å². The molecule has 0 radical (unpaired) electrons. The molecule has 0 aliphatic heterocycles. The van der Waals surface area contributed by atoms with Crippen LogP contribution in [-0.4, -0.2) is 24.3 Å². The maximum Gasteiger partial charge on any atom is 0.133 e. The number of hydrogen-bond donors (Lipinski definition) is 1. The Bertz CT molecular complexity index is 486. The number of nitrogens with zero attached hydrogens (tertiary/aromatic N) is 1. The molecule has 1 heterocycles. The van der Waals surface area contributed by atoms with Gasteiger partial charge in [-0.05, 0) is 24.3 Å². The van der Waals surface area contributed by atoms with Crippen LogP contribution in [0.15, 0.2) is 36.5 Å². The highest BCUT2D eigenvalue weighted by Crippen LogP contribution is 2.37. The van der Waals surface area contributed by atoms with E-state index in [-0.39, 0.29) is 5.75 Å². The Morgan fingerprint density at radius 3 is 2.12 bits per heavy atom. The second-order valence-corrected chi connectivity index (χ2v) is 3.44. The van der Waals surface area contributed by atoms with E-state index in [1.807, 2.05) is 18.2 Å². The van der Waals surface area contributed by atoms with Gasteiger partial charge in [-0.1, -0.05) is 6.07 Å². The van der Waals surface area contributed by atoms with Gasteiger partial charge in [0, 0.05) is 0 Å². The first-order valence-electron chi connectivity index (χ1n) is 5.12. The number of rotatable bonds is 3. The Kier molecular flexibility index (Phi) is 3.14. The summed E-state index contributed by atoms with van der Waals surface area (Å²) in [6, 6.07) is 8.82. The molecular weight excluding hydrogens is 218 g/mol. The van der Waals surface area contributed by atoms with Crippen LogP contribution >= 0.6 is 0 Å². The second-order valence-electron chi connectivity index (χ2n) is 3.44. The minimum Gasteiger partial charge on any atom is -0.506 e. The number of aromatic nitrogens is 1. The van der Waals surface area contributed by atoms with Crippen molar-refractivity contribution >= 4 is 0 Å². The zero-order valence-corrected chi connectivity index (χ0v) is 9.68. The van der Waals surface area contributed by atoms with Crippen LogP contribution in [0.5, 0.6) is 17.2 Å². The first-order chi connectivity index (χ1) is 8.26. The molecule has 0 unspecified atom stereocenters. The zero-order valence-electron chi connectivity index (χ0n) is 9.68. The van der Waals surface area contributed by atoms with E-state index in [0.29, 0.717) is 17.2 Å². The summed E-state index contributed by atoms with van der Waals surface area (Å²) in [6.07, 6.45) is 1.39. The Hall–Kier alpha value is -2.23. The van der Waals surface area contributed by atoms with E-state index in [1.54, 1.807) is 26.4 Å². The Balaban J connectivity index is 2.59. The molecule has 0 saturated heterocycles. The molecule has 0 amide bonds. The van der Waals surface area contributed by atoms with Crippen LogP contribution in [0, 0.1) is 0 Å². The van der Waals surface area contributed by atoms with Gasteiger partial charge in [0.2, 0.25) is 0 Å². The molecular formula is C13H13NO3. The van der Waals surface area contributed by atoms with Crippen molar-refractivity contribution in [1.82, 2.24) is 4.98 Å². The van der Waals surface area contributed by atoms with Gasteiger partial charge in [0.05, 0.1) is 31.7 Å². The number of benzene rings is 1. The highest BCUT2D eigenvalue weighted by atomic mass is 16.5. The number of hydrogen-bond acceptors (Lipinski definition) is 4. The number of methoxy groups -OCH3 is 2. The van der Waals surface area contributed by atoms with Gasteiger partial charge >= 0.3 is 0 Å². The maximum atomic E-state index is 9.23. The quantitative estimate of drug-likeness (QED) is 0.881. The molecule has 0 spiro atoms. The number of aromatic hydroxyl groups is 1. The van der Waals surface area contributed by atoms with Gasteiger partial charge in [-0.3, -0.25) is 4.98 Å². The molecule has 17 heavy (non-hydrogen) atoms. The lowest BCUT2D eigenvalue weighted by Gasteiger charge is -2.12. The molecule has 0 atom stereocenters. The third kappa shape index (κ3) is 2.15. The zero-order chi connectivity index (χ0) is 12.3. The topological polar surface area (TPSA) is 51.6 Å². The van der Waals surface area contributed by atoms with Crippen LogP contribution in [0.2, 0.25) is 0 Å². The van der Waals surface area contributed by atoms with Crippen LogP contribution in [0.25, 0.3) is 11.3 Å². The summed E-state index contributed by atoms with van der Waals surface area (Å²) in [4.78, 5) is 4.16. The summed E-state index contributed by atoms with van der Waals surface area (Å²) in [5.41, 5.74) is 1.47. The van der Waals surface area contributed by atoms with Crippen molar-refractivity contribution in [2.75, 3.05) is 14.2 Å². The van der Waals surface area contributed by atoms with Crippen molar-refractivity contribution in [2.24, 2.45) is 0 Å². The van der Waals surface area contributed by atoms with E-state index in [1.165, 1.54) is 6.20 Å². The maximum absolute atomic E-state index is 9.23. The van der Waals surface area contributed by atoms with Crippen LogP contribution < -0.4 is 9.47 Å². The van der Waals surface area contributed by atoms with Gasteiger partial charge in [-0.2, -0.15) is 0 Å². The van der Waals surface area contributed by atoms with Crippen molar-refractivity contribution in [3.05, 3.63) is 36.5 Å². The van der Waals surface area contributed by atoms with Gasteiger partial charge in [-0.15, -0.1) is 0 Å². The average molecular weight is 231 g/mol. The predicted octanol–water partition coefficient (Wildman–Crippen LogP) is 2.47. The number of pyridine rings is 1. The molecule has 0 aliphatic rings. The molecule has 2 rings (SSSR count). The van der Waals surface area contributed by atoms with Crippen molar-refractivity contribution < 1.29 is 14.6 Å². The molecule has 1 N–H and O–H groups in total. The molecule has 2 aromatic rings.